The highest BCUT2D eigenvalue weighted by Crippen LogP contribution is 2.24. The molecular formula is C14H14F2N2O2S. The third-order valence-corrected chi connectivity index (χ3v) is 4.50. The van der Waals surface area contributed by atoms with Crippen LogP contribution in [0.2, 0.25) is 0 Å². The number of hydrogen-bond acceptors (Lipinski definition) is 3. The van der Waals surface area contributed by atoms with Gasteiger partial charge >= 0.3 is 0 Å². The van der Waals surface area contributed by atoms with Crippen molar-refractivity contribution in [3.8, 4) is 0 Å². The van der Waals surface area contributed by atoms with Gasteiger partial charge in [-0.2, -0.15) is 0 Å². The summed E-state index contributed by atoms with van der Waals surface area (Å²) in [6.45, 7) is 1.39. The molecule has 0 bridgehead atoms. The Hall–Kier alpha value is -1.99. The molecule has 0 aliphatic rings. The molecule has 21 heavy (non-hydrogen) atoms. The molecule has 0 radical (unpaired) electrons. The summed E-state index contributed by atoms with van der Waals surface area (Å²) in [5, 5.41) is 0. The van der Waals surface area contributed by atoms with Gasteiger partial charge in [-0.1, -0.05) is 12.1 Å². The molecule has 2 aromatic rings. The Morgan fingerprint density at radius 1 is 1.19 bits per heavy atom. The van der Waals surface area contributed by atoms with Gasteiger partial charge in [-0.25, -0.2) is 17.2 Å². The van der Waals surface area contributed by atoms with Crippen LogP contribution in [0.3, 0.4) is 0 Å². The molecule has 3 N–H and O–H groups in total. The molecule has 0 aliphatic carbocycles. The number of nitrogens with one attached hydrogen (secondary N) is 1. The third-order valence-electron chi connectivity index (χ3n) is 3.05. The molecule has 0 spiro atoms. The van der Waals surface area contributed by atoms with Gasteiger partial charge in [0.15, 0.2) is 0 Å². The molecule has 112 valence electrons. The number of nitrogens with two attached hydrogens (primary N) is 1. The van der Waals surface area contributed by atoms with E-state index in [0.29, 0.717) is 0 Å². The van der Waals surface area contributed by atoms with Crippen molar-refractivity contribution >= 4 is 15.7 Å². The summed E-state index contributed by atoms with van der Waals surface area (Å²) in [7, 11) is -4.05. The Balaban J connectivity index is 2.48. The van der Waals surface area contributed by atoms with Crippen molar-refractivity contribution in [2.24, 2.45) is 5.73 Å². The minimum atomic E-state index is -4.05. The predicted octanol–water partition coefficient (Wildman–Crippen LogP) is 2.53. The van der Waals surface area contributed by atoms with E-state index in [0.717, 1.165) is 12.1 Å². The average molecular weight is 312 g/mol. The summed E-state index contributed by atoms with van der Waals surface area (Å²) in [6.07, 6.45) is 0. The maximum Gasteiger partial charge on any atom is 0.262 e. The lowest BCUT2D eigenvalue weighted by Crippen LogP contribution is -2.17. The van der Waals surface area contributed by atoms with Crippen molar-refractivity contribution in [2.75, 3.05) is 4.72 Å². The second-order valence-corrected chi connectivity index (χ2v) is 6.12. The first-order chi connectivity index (χ1) is 9.85. The van der Waals surface area contributed by atoms with E-state index < -0.39 is 21.7 Å². The fraction of sp³-hybridized carbons (Fsp3) is 0.143. The molecule has 0 saturated heterocycles. The highest BCUT2D eigenvalue weighted by Gasteiger charge is 2.20. The lowest BCUT2D eigenvalue weighted by Gasteiger charge is -2.13. The van der Waals surface area contributed by atoms with Gasteiger partial charge in [0.05, 0.1) is 10.6 Å². The molecule has 0 fully saturated rings. The number of halogens is 2. The normalized spacial score (nSPS) is 11.4. The second-order valence-electron chi connectivity index (χ2n) is 4.47. The monoisotopic (exact) mass is 312 g/mol. The average Bonchev–Trinajstić information content (AvgIpc) is 2.44. The Morgan fingerprint density at radius 3 is 2.57 bits per heavy atom. The van der Waals surface area contributed by atoms with Gasteiger partial charge in [0.25, 0.3) is 10.0 Å². The fourth-order valence-corrected chi connectivity index (χ4v) is 3.25. The summed E-state index contributed by atoms with van der Waals surface area (Å²) in [5.74, 6) is -1.22. The largest absolute Gasteiger partial charge is 0.326 e. The SMILES string of the molecule is Cc1c(F)cccc1NS(=O)(=O)c1cc(F)ccc1CN. The van der Waals surface area contributed by atoms with Gasteiger partial charge in [-0.05, 0) is 36.8 Å². The van der Waals surface area contributed by atoms with Crippen molar-refractivity contribution < 1.29 is 17.2 Å². The van der Waals surface area contributed by atoms with Crippen LogP contribution in [0.1, 0.15) is 11.1 Å². The first kappa shape index (κ1) is 15.4. The van der Waals surface area contributed by atoms with Crippen molar-refractivity contribution in [1.29, 1.82) is 0 Å². The highest BCUT2D eigenvalue weighted by atomic mass is 32.2. The van der Waals surface area contributed by atoms with Crippen LogP contribution in [-0.4, -0.2) is 8.42 Å². The Morgan fingerprint density at radius 2 is 1.90 bits per heavy atom. The topological polar surface area (TPSA) is 72.2 Å². The van der Waals surface area contributed by atoms with Gasteiger partial charge in [0, 0.05) is 12.1 Å². The summed E-state index contributed by atoms with van der Waals surface area (Å²) >= 11 is 0. The minimum absolute atomic E-state index is 0.0569. The smallest absolute Gasteiger partial charge is 0.262 e. The molecular weight excluding hydrogens is 298 g/mol. The zero-order chi connectivity index (χ0) is 15.6. The van der Waals surface area contributed by atoms with Crippen LogP contribution in [0.4, 0.5) is 14.5 Å². The Bertz CT molecular complexity index is 777. The quantitative estimate of drug-likeness (QED) is 0.911. The van der Waals surface area contributed by atoms with Crippen LogP contribution in [0.25, 0.3) is 0 Å². The van der Waals surface area contributed by atoms with Crippen molar-refractivity contribution in [2.45, 2.75) is 18.4 Å². The molecule has 0 saturated carbocycles. The Labute approximate surface area is 121 Å². The highest BCUT2D eigenvalue weighted by molar-refractivity contribution is 7.92. The van der Waals surface area contributed by atoms with E-state index in [1.165, 1.54) is 31.2 Å². The zero-order valence-corrected chi connectivity index (χ0v) is 12.0. The number of benzene rings is 2. The van der Waals surface area contributed by atoms with Gasteiger partial charge in [0.1, 0.15) is 11.6 Å². The van der Waals surface area contributed by atoms with Gasteiger partial charge < -0.3 is 5.73 Å². The lowest BCUT2D eigenvalue weighted by molar-refractivity contribution is 0.593. The number of anilines is 1. The van der Waals surface area contributed by atoms with E-state index in [2.05, 4.69) is 4.72 Å². The lowest BCUT2D eigenvalue weighted by atomic mass is 10.2. The van der Waals surface area contributed by atoms with Gasteiger partial charge in [-0.3, -0.25) is 4.72 Å². The van der Waals surface area contributed by atoms with Gasteiger partial charge in [0.2, 0.25) is 0 Å². The minimum Gasteiger partial charge on any atom is -0.326 e. The summed E-state index contributed by atoms with van der Waals surface area (Å²) in [6, 6.07) is 7.36. The van der Waals surface area contributed by atoms with Crippen LogP contribution in [0.15, 0.2) is 41.3 Å². The molecule has 0 heterocycles. The molecule has 0 unspecified atom stereocenters. The molecule has 0 aromatic heterocycles. The standard InChI is InChI=1S/C14H14F2N2O2S/c1-9-12(16)3-2-4-13(9)18-21(19,20)14-7-11(15)6-5-10(14)8-17/h2-7,18H,8,17H2,1H3. The van der Waals surface area contributed by atoms with E-state index in [-0.39, 0.29) is 28.3 Å². The second kappa shape index (κ2) is 5.79. The Kier molecular flexibility index (Phi) is 4.24. The zero-order valence-electron chi connectivity index (χ0n) is 11.2. The number of rotatable bonds is 4. The first-order valence-corrected chi connectivity index (χ1v) is 7.60. The maximum absolute atomic E-state index is 13.5. The van der Waals surface area contributed by atoms with E-state index in [1.807, 2.05) is 0 Å². The van der Waals surface area contributed by atoms with Crippen LogP contribution < -0.4 is 10.5 Å². The molecule has 2 rings (SSSR count). The summed E-state index contributed by atoms with van der Waals surface area (Å²) in [4.78, 5) is -0.256. The van der Waals surface area contributed by atoms with Gasteiger partial charge in [-0.15, -0.1) is 0 Å². The third kappa shape index (κ3) is 3.20. The van der Waals surface area contributed by atoms with Crippen LogP contribution in [0.5, 0.6) is 0 Å². The molecule has 0 amide bonds. The molecule has 0 atom stereocenters. The van der Waals surface area contributed by atoms with E-state index in [9.17, 15) is 17.2 Å². The molecule has 4 nitrogen and oxygen atoms in total. The van der Waals surface area contributed by atoms with Crippen molar-refractivity contribution in [1.82, 2.24) is 0 Å². The van der Waals surface area contributed by atoms with Crippen LogP contribution in [-0.2, 0) is 16.6 Å². The molecule has 2 aromatic carbocycles. The van der Waals surface area contributed by atoms with Crippen molar-refractivity contribution in [3.63, 3.8) is 0 Å². The fourth-order valence-electron chi connectivity index (χ4n) is 1.86. The maximum atomic E-state index is 13.5. The van der Waals surface area contributed by atoms with E-state index in [1.54, 1.807) is 0 Å². The van der Waals surface area contributed by atoms with Crippen LogP contribution >= 0.6 is 0 Å². The van der Waals surface area contributed by atoms with Crippen molar-refractivity contribution in [3.05, 3.63) is 59.2 Å². The van der Waals surface area contributed by atoms with E-state index >= 15 is 0 Å². The molecule has 7 heteroatoms. The number of sulfonamides is 1. The number of hydrogen-bond donors (Lipinski definition) is 2. The first-order valence-electron chi connectivity index (χ1n) is 6.11. The predicted molar refractivity (Wildman–Crippen MR) is 76.2 cm³/mol. The van der Waals surface area contributed by atoms with Crippen LogP contribution in [0, 0.1) is 18.6 Å². The molecule has 0 aliphatic heterocycles. The van der Waals surface area contributed by atoms with E-state index in [4.69, 9.17) is 5.73 Å². The summed E-state index contributed by atoms with van der Waals surface area (Å²) in [5.41, 5.74) is 6.00. The summed E-state index contributed by atoms with van der Waals surface area (Å²) < 4.78 is 53.7.